The number of carbonyl (C=O) groups excluding carboxylic acids is 1. The zero-order valence-corrected chi connectivity index (χ0v) is 16.0. The van der Waals surface area contributed by atoms with Gasteiger partial charge in [0.15, 0.2) is 6.10 Å². The monoisotopic (exact) mass is 395 g/mol. The van der Waals surface area contributed by atoms with Crippen molar-refractivity contribution >= 4 is 29.1 Å². The van der Waals surface area contributed by atoms with Crippen molar-refractivity contribution in [1.29, 1.82) is 0 Å². The van der Waals surface area contributed by atoms with Gasteiger partial charge in [0.1, 0.15) is 5.75 Å². The first kappa shape index (κ1) is 18.7. The second-order valence-electron chi connectivity index (χ2n) is 6.44. The molecule has 0 aliphatic carbocycles. The fourth-order valence-corrected chi connectivity index (χ4v) is 3.31. The van der Waals surface area contributed by atoms with Crippen LogP contribution in [0.15, 0.2) is 35.1 Å². The summed E-state index contributed by atoms with van der Waals surface area (Å²) in [7, 11) is 0. The van der Waals surface area contributed by atoms with E-state index in [9.17, 15) is 9.59 Å². The van der Waals surface area contributed by atoms with Crippen LogP contribution in [0.2, 0.25) is 10.0 Å². The highest BCUT2D eigenvalue weighted by molar-refractivity contribution is 6.35. The van der Waals surface area contributed by atoms with Gasteiger partial charge in [-0.15, -0.1) is 0 Å². The van der Waals surface area contributed by atoms with Gasteiger partial charge in [-0.25, -0.2) is 4.68 Å². The van der Waals surface area contributed by atoms with Gasteiger partial charge in [-0.3, -0.25) is 9.59 Å². The minimum Gasteiger partial charge on any atom is -0.479 e. The van der Waals surface area contributed by atoms with Crippen molar-refractivity contribution in [2.75, 3.05) is 13.1 Å². The number of likely N-dealkylation sites (tertiary alicyclic amines) is 1. The Bertz CT molecular complexity index is 878. The molecule has 0 bridgehead atoms. The number of aryl methyl sites for hydroxylation is 1. The highest BCUT2D eigenvalue weighted by Crippen LogP contribution is 2.29. The zero-order chi connectivity index (χ0) is 18.8. The summed E-state index contributed by atoms with van der Waals surface area (Å²) in [6.45, 7) is 5.18. The van der Waals surface area contributed by atoms with E-state index < -0.39 is 6.10 Å². The Kier molecular flexibility index (Phi) is 5.53. The number of amides is 1. The van der Waals surface area contributed by atoms with Gasteiger partial charge in [-0.05, 0) is 38.1 Å². The van der Waals surface area contributed by atoms with E-state index in [1.54, 1.807) is 36.1 Å². The number of nitrogens with zero attached hydrogens (tertiary/aromatic N) is 3. The van der Waals surface area contributed by atoms with Gasteiger partial charge in [0.2, 0.25) is 0 Å². The predicted octanol–water partition coefficient (Wildman–Crippen LogP) is 2.78. The average Bonchev–Trinajstić information content (AvgIpc) is 2.55. The molecule has 1 saturated heterocycles. The SMILES string of the molecule is Cc1ccc(=O)n(CC2CN(C(=O)C(C)Oc3ccc(Cl)cc3Cl)C2)n1. The number of carbonyl (C=O) groups is 1. The Hall–Kier alpha value is -2.05. The molecule has 1 atom stereocenters. The molecule has 1 amide bonds. The van der Waals surface area contributed by atoms with Gasteiger partial charge in [0.05, 0.1) is 17.3 Å². The molecule has 26 heavy (non-hydrogen) atoms. The lowest BCUT2D eigenvalue weighted by atomic mass is 9.99. The van der Waals surface area contributed by atoms with E-state index in [1.165, 1.54) is 10.7 Å². The van der Waals surface area contributed by atoms with Crippen LogP contribution in [-0.2, 0) is 11.3 Å². The second-order valence-corrected chi connectivity index (χ2v) is 7.28. The number of hydrogen-bond donors (Lipinski definition) is 0. The van der Waals surface area contributed by atoms with Crippen LogP contribution in [0, 0.1) is 12.8 Å². The third-order valence-corrected chi connectivity index (χ3v) is 4.78. The van der Waals surface area contributed by atoms with E-state index in [1.807, 2.05) is 6.92 Å². The Balaban J connectivity index is 1.54. The second kappa shape index (κ2) is 7.68. The largest absolute Gasteiger partial charge is 0.479 e. The summed E-state index contributed by atoms with van der Waals surface area (Å²) in [5, 5.41) is 5.09. The molecule has 8 heteroatoms. The van der Waals surface area contributed by atoms with Crippen LogP contribution >= 0.6 is 23.2 Å². The van der Waals surface area contributed by atoms with E-state index in [2.05, 4.69) is 5.10 Å². The summed E-state index contributed by atoms with van der Waals surface area (Å²) in [6.07, 6.45) is -0.658. The first-order chi connectivity index (χ1) is 12.3. The zero-order valence-electron chi connectivity index (χ0n) is 14.5. The molecule has 1 fully saturated rings. The molecule has 1 aromatic heterocycles. The van der Waals surface area contributed by atoms with Crippen LogP contribution < -0.4 is 10.3 Å². The van der Waals surface area contributed by atoms with Crippen LogP contribution in [0.5, 0.6) is 5.75 Å². The molecule has 0 N–H and O–H groups in total. The molecule has 0 spiro atoms. The van der Waals surface area contributed by atoms with Crippen LogP contribution in [-0.4, -0.2) is 39.8 Å². The van der Waals surface area contributed by atoms with Crippen molar-refractivity contribution in [3.05, 3.63) is 56.4 Å². The number of aromatic nitrogens is 2. The summed E-state index contributed by atoms with van der Waals surface area (Å²) >= 11 is 11.9. The summed E-state index contributed by atoms with van der Waals surface area (Å²) in [6, 6.07) is 8.07. The van der Waals surface area contributed by atoms with Gasteiger partial charge in [0, 0.05) is 30.1 Å². The topological polar surface area (TPSA) is 64.4 Å². The van der Waals surface area contributed by atoms with E-state index in [0.29, 0.717) is 35.4 Å². The summed E-state index contributed by atoms with van der Waals surface area (Å²) in [5.41, 5.74) is 0.660. The van der Waals surface area contributed by atoms with E-state index in [4.69, 9.17) is 27.9 Å². The van der Waals surface area contributed by atoms with Crippen LogP contribution in [0.25, 0.3) is 0 Å². The van der Waals surface area contributed by atoms with Gasteiger partial charge >= 0.3 is 0 Å². The minimum absolute atomic E-state index is 0.114. The van der Waals surface area contributed by atoms with Crippen LogP contribution in [0.1, 0.15) is 12.6 Å². The van der Waals surface area contributed by atoms with Crippen molar-refractivity contribution in [3.63, 3.8) is 0 Å². The summed E-state index contributed by atoms with van der Waals surface area (Å²) in [5.74, 6) is 0.513. The third-order valence-electron chi connectivity index (χ3n) is 4.25. The molecule has 1 aromatic carbocycles. The van der Waals surface area contributed by atoms with E-state index in [0.717, 1.165) is 5.69 Å². The lowest BCUT2D eigenvalue weighted by Gasteiger charge is -2.40. The fourth-order valence-electron chi connectivity index (χ4n) is 2.86. The molecule has 0 saturated carbocycles. The smallest absolute Gasteiger partial charge is 0.266 e. The third kappa shape index (κ3) is 4.19. The van der Waals surface area contributed by atoms with Gasteiger partial charge in [-0.2, -0.15) is 5.10 Å². The van der Waals surface area contributed by atoms with Crippen molar-refractivity contribution < 1.29 is 9.53 Å². The Morgan fingerprint density at radius 1 is 1.31 bits per heavy atom. The summed E-state index contributed by atoms with van der Waals surface area (Å²) in [4.78, 5) is 26.0. The highest BCUT2D eigenvalue weighted by Gasteiger charge is 2.34. The maximum Gasteiger partial charge on any atom is 0.266 e. The lowest BCUT2D eigenvalue weighted by molar-refractivity contribution is -0.144. The Morgan fingerprint density at radius 3 is 2.73 bits per heavy atom. The minimum atomic E-state index is -0.658. The maximum absolute atomic E-state index is 12.5. The molecule has 6 nitrogen and oxygen atoms in total. The van der Waals surface area contributed by atoms with E-state index >= 15 is 0 Å². The van der Waals surface area contributed by atoms with Crippen molar-refractivity contribution in [2.45, 2.75) is 26.5 Å². The molecule has 1 unspecified atom stereocenters. The number of ether oxygens (including phenoxy) is 1. The predicted molar refractivity (Wildman–Crippen MR) is 99.9 cm³/mol. The normalized spacial score (nSPS) is 15.5. The molecule has 2 heterocycles. The average molecular weight is 396 g/mol. The molecular formula is C18H19Cl2N3O3. The number of rotatable bonds is 5. The standard InChI is InChI=1S/C18H19Cl2N3O3/c1-11-3-6-17(24)23(21-11)10-13-8-22(9-13)18(25)12(2)26-16-5-4-14(19)7-15(16)20/h3-7,12-13H,8-10H2,1-2H3. The first-order valence-electron chi connectivity index (χ1n) is 8.29. The van der Waals surface area contributed by atoms with Crippen LogP contribution in [0.3, 0.4) is 0 Å². The van der Waals surface area contributed by atoms with Crippen molar-refractivity contribution in [3.8, 4) is 5.75 Å². The number of halogens is 2. The molecule has 1 aliphatic rings. The Labute approximate surface area is 161 Å². The molecule has 2 aromatic rings. The van der Waals surface area contributed by atoms with Gasteiger partial charge in [0.25, 0.3) is 11.5 Å². The molecule has 3 rings (SSSR count). The van der Waals surface area contributed by atoms with Gasteiger partial charge < -0.3 is 9.64 Å². The first-order valence-corrected chi connectivity index (χ1v) is 9.04. The quantitative estimate of drug-likeness (QED) is 0.780. The summed E-state index contributed by atoms with van der Waals surface area (Å²) < 4.78 is 7.11. The number of hydrogen-bond acceptors (Lipinski definition) is 4. The van der Waals surface area contributed by atoms with Crippen molar-refractivity contribution in [2.24, 2.45) is 5.92 Å². The van der Waals surface area contributed by atoms with Crippen molar-refractivity contribution in [1.82, 2.24) is 14.7 Å². The molecular weight excluding hydrogens is 377 g/mol. The molecule has 0 radical (unpaired) electrons. The molecule has 1 aliphatic heterocycles. The lowest BCUT2D eigenvalue weighted by Crippen LogP contribution is -2.55. The Morgan fingerprint density at radius 2 is 2.04 bits per heavy atom. The van der Waals surface area contributed by atoms with Gasteiger partial charge in [-0.1, -0.05) is 23.2 Å². The van der Waals surface area contributed by atoms with Crippen LogP contribution in [0.4, 0.5) is 0 Å². The highest BCUT2D eigenvalue weighted by atomic mass is 35.5. The molecule has 138 valence electrons. The number of benzene rings is 1. The maximum atomic E-state index is 12.5. The fraction of sp³-hybridized carbons (Fsp3) is 0.389. The van der Waals surface area contributed by atoms with E-state index in [-0.39, 0.29) is 17.4 Å².